The number of methoxy groups -OCH3 is 3. The van der Waals surface area contributed by atoms with Crippen molar-refractivity contribution < 1.29 is 50.1 Å². The van der Waals surface area contributed by atoms with Crippen LogP contribution in [0.1, 0.15) is 41.5 Å². The number of hydrogen-bond acceptors (Lipinski definition) is 15. The van der Waals surface area contributed by atoms with Gasteiger partial charge in [-0.05, 0) is 117 Å². The summed E-state index contributed by atoms with van der Waals surface area (Å²) in [6.45, 7) is -0.533. The van der Waals surface area contributed by atoms with Gasteiger partial charge in [-0.15, -0.1) is 10.2 Å². The molecule has 0 aliphatic carbocycles. The predicted octanol–water partition coefficient (Wildman–Crippen LogP) is 7.75. The van der Waals surface area contributed by atoms with Gasteiger partial charge in [-0.1, -0.05) is 78.9 Å². The van der Waals surface area contributed by atoms with Crippen molar-refractivity contribution in [3.8, 4) is 39.9 Å². The minimum absolute atomic E-state index is 0.0407. The van der Waals surface area contributed by atoms with Crippen LogP contribution >= 0.6 is 15.9 Å². The Morgan fingerprint density at radius 1 is 0.770 bits per heavy atom. The zero-order chi connectivity index (χ0) is 52.1. The van der Waals surface area contributed by atoms with Crippen LogP contribution in [-0.4, -0.2) is 106 Å². The van der Waals surface area contributed by atoms with Gasteiger partial charge in [0.05, 0.1) is 51.8 Å². The number of carbonyl (C=O) groups is 1. The number of tetrazole rings is 1. The maximum Gasteiger partial charge on any atom is 0.407 e. The molecule has 5 aromatic carbocycles. The summed E-state index contributed by atoms with van der Waals surface area (Å²) in [4.78, 5) is 17.8. The molecular formula is C52H55BrN8O11S2. The molecule has 0 bridgehead atoms. The first-order chi connectivity index (χ1) is 35.8. The number of nitrogens with one attached hydrogen (secondary N) is 2. The number of benzene rings is 5. The molecule has 388 valence electrons. The van der Waals surface area contributed by atoms with Crippen molar-refractivity contribution in [2.24, 2.45) is 0 Å². The number of carbonyl (C=O) groups excluding carboxylic acids is 1. The molecule has 8 rings (SSSR count). The molecule has 2 N–H and O–H groups in total. The van der Waals surface area contributed by atoms with Gasteiger partial charge >= 0.3 is 6.09 Å². The summed E-state index contributed by atoms with van der Waals surface area (Å²) in [5.74, 6) is 1.52. The third-order valence-corrected chi connectivity index (χ3v) is 15.9. The van der Waals surface area contributed by atoms with Crippen molar-refractivity contribution in [1.29, 1.82) is 0 Å². The minimum Gasteiger partial charge on any atom is -0.497 e. The van der Waals surface area contributed by atoms with Crippen LogP contribution in [0.25, 0.3) is 22.6 Å². The lowest BCUT2D eigenvalue weighted by atomic mass is 10.0. The van der Waals surface area contributed by atoms with Crippen LogP contribution in [0.2, 0.25) is 0 Å². The van der Waals surface area contributed by atoms with E-state index >= 15 is 16.8 Å². The summed E-state index contributed by atoms with van der Waals surface area (Å²) in [5, 5.41) is 16.1. The Morgan fingerprint density at radius 3 is 2.00 bits per heavy atom. The Morgan fingerprint density at radius 2 is 1.41 bits per heavy atom. The van der Waals surface area contributed by atoms with Crippen molar-refractivity contribution in [3.05, 3.63) is 160 Å². The van der Waals surface area contributed by atoms with Crippen molar-refractivity contribution >= 4 is 42.1 Å². The smallest absolute Gasteiger partial charge is 0.407 e. The zero-order valence-corrected chi connectivity index (χ0v) is 44.0. The quantitative estimate of drug-likeness (QED) is 0.0585. The molecule has 0 saturated carbocycles. The normalized spacial score (nSPS) is 14.3. The fourth-order valence-electron chi connectivity index (χ4n) is 8.02. The predicted molar refractivity (Wildman–Crippen MR) is 277 cm³/mol. The Balaban J connectivity index is 1.28. The fourth-order valence-corrected chi connectivity index (χ4v) is 12.0. The number of amides is 1. The topological polar surface area (TPSA) is 225 Å². The first kappa shape index (κ1) is 53.5. The molecule has 1 amide bonds. The van der Waals surface area contributed by atoms with E-state index in [1.807, 2.05) is 30.3 Å². The molecule has 0 spiro atoms. The van der Waals surface area contributed by atoms with E-state index in [0.29, 0.717) is 46.0 Å². The Labute approximate surface area is 438 Å². The summed E-state index contributed by atoms with van der Waals surface area (Å²) in [5.41, 5.74) is 2.89. The Hall–Kier alpha value is -6.79. The number of hydrogen-bond donors (Lipinski definition) is 2. The first-order valence-electron chi connectivity index (χ1n) is 23.5. The second-order valence-corrected chi connectivity index (χ2v) is 21.4. The lowest BCUT2D eigenvalue weighted by Crippen LogP contribution is -2.47. The van der Waals surface area contributed by atoms with Crippen LogP contribution in [0.15, 0.2) is 148 Å². The number of ether oxygens (including phenoxy) is 6. The highest BCUT2D eigenvalue weighted by molar-refractivity contribution is 9.10. The molecule has 1 saturated heterocycles. The number of halogens is 1. The van der Waals surface area contributed by atoms with Gasteiger partial charge in [-0.3, -0.25) is 0 Å². The number of pyridine rings is 1. The Kier molecular flexibility index (Phi) is 18.0. The first-order valence-corrected chi connectivity index (χ1v) is 27.2. The van der Waals surface area contributed by atoms with Gasteiger partial charge < -0.3 is 33.7 Å². The monoisotopic (exact) mass is 1110 g/mol. The highest BCUT2D eigenvalue weighted by Crippen LogP contribution is 2.41. The van der Waals surface area contributed by atoms with Crippen LogP contribution < -0.4 is 24.2 Å². The number of aromatic nitrogens is 5. The van der Waals surface area contributed by atoms with E-state index in [2.05, 4.69) is 41.3 Å². The summed E-state index contributed by atoms with van der Waals surface area (Å²) >= 11 is 3.45. The summed E-state index contributed by atoms with van der Waals surface area (Å²) < 4.78 is 101. The second-order valence-electron chi connectivity index (χ2n) is 17.0. The molecule has 0 radical (unpaired) electrons. The van der Waals surface area contributed by atoms with Crippen LogP contribution in [0.3, 0.4) is 0 Å². The van der Waals surface area contributed by atoms with Crippen molar-refractivity contribution in [1.82, 2.24) is 39.5 Å². The van der Waals surface area contributed by atoms with Gasteiger partial charge in [-0.25, -0.2) is 31.3 Å². The molecule has 2 aromatic heterocycles. The molecular weight excluding hydrogens is 1060 g/mol. The van der Waals surface area contributed by atoms with Crippen LogP contribution in [-0.2, 0) is 60.5 Å². The van der Waals surface area contributed by atoms with Crippen LogP contribution in [0, 0.1) is 0 Å². The Bertz CT molecular complexity index is 3150. The van der Waals surface area contributed by atoms with Gasteiger partial charge in [0.25, 0.3) is 0 Å². The van der Waals surface area contributed by atoms with E-state index in [0.717, 1.165) is 24.0 Å². The van der Waals surface area contributed by atoms with Crippen LogP contribution in [0.5, 0.6) is 17.2 Å². The molecule has 3 heterocycles. The molecule has 2 atom stereocenters. The highest BCUT2D eigenvalue weighted by atomic mass is 79.9. The average Bonchev–Trinajstić information content (AvgIpc) is 3.89. The standard InChI is InChI=1S/C52H55BrN8O11S2/c1-67-41-21-15-36(16-22-41)31-60(32-37-17-23-42(68-2)24-18-37)74(65,66)50-46(73(63,64)58-40(35-71-48-14-7-8-29-70-48)30-54-52(62)72-34-39-10-5-4-6-11-39)28-27-44(45-12-9-13-47(53)55-45)49(50)51-56-59-61(57-51)33-38-19-25-43(69-3)26-20-38/h4-6,9-13,15-28,40,48,58H,7-8,14,29-35H2,1-3H3,(H,54,62). The van der Waals surface area contributed by atoms with Gasteiger partial charge in [-0.2, -0.15) is 9.10 Å². The lowest BCUT2D eigenvalue weighted by Gasteiger charge is -2.28. The van der Waals surface area contributed by atoms with Crippen molar-refractivity contribution in [3.63, 3.8) is 0 Å². The van der Waals surface area contributed by atoms with Crippen molar-refractivity contribution in [2.75, 3.05) is 41.1 Å². The third-order valence-electron chi connectivity index (χ3n) is 11.8. The van der Waals surface area contributed by atoms with Crippen LogP contribution in [0.4, 0.5) is 4.79 Å². The molecule has 1 fully saturated rings. The average molecular weight is 1110 g/mol. The van der Waals surface area contributed by atoms with E-state index in [4.69, 9.17) is 33.5 Å². The molecule has 22 heteroatoms. The largest absolute Gasteiger partial charge is 0.497 e. The van der Waals surface area contributed by atoms with E-state index in [1.165, 1.54) is 35.5 Å². The lowest BCUT2D eigenvalue weighted by molar-refractivity contribution is -0.164. The molecule has 1 aliphatic rings. The van der Waals surface area contributed by atoms with E-state index in [-0.39, 0.29) is 62.0 Å². The van der Waals surface area contributed by atoms with Crippen molar-refractivity contribution in [2.45, 2.75) is 67.6 Å². The highest BCUT2D eigenvalue weighted by Gasteiger charge is 2.39. The summed E-state index contributed by atoms with van der Waals surface area (Å²) in [6.07, 6.45) is 0.772. The van der Waals surface area contributed by atoms with E-state index in [1.54, 1.807) is 98.1 Å². The summed E-state index contributed by atoms with van der Waals surface area (Å²) in [7, 11) is -5.34. The fraction of sp³-hybridized carbons (Fsp3) is 0.288. The number of rotatable bonds is 23. The van der Waals surface area contributed by atoms with Gasteiger partial charge in [0, 0.05) is 31.8 Å². The summed E-state index contributed by atoms with van der Waals surface area (Å²) in [6, 6.07) is 36.5. The van der Waals surface area contributed by atoms with Gasteiger partial charge in [0.1, 0.15) is 38.2 Å². The maximum atomic E-state index is 16.2. The van der Waals surface area contributed by atoms with Gasteiger partial charge in [0.15, 0.2) is 6.29 Å². The maximum absolute atomic E-state index is 16.2. The number of sulfonamides is 2. The molecule has 7 aromatic rings. The zero-order valence-electron chi connectivity index (χ0n) is 40.8. The molecule has 1 aliphatic heterocycles. The number of nitrogens with zero attached hydrogens (tertiary/aromatic N) is 6. The SMILES string of the molecule is COc1ccc(CN(Cc2ccc(OC)cc2)S(=O)(=O)c2c(S(=O)(=O)NC(CNC(=O)OCc3ccccc3)COC3CCCCO3)ccc(-c3cccc(Br)n3)c2-c2nnn(Cc3ccc(OC)cc3)n2)cc1. The second kappa shape index (κ2) is 25.0. The van der Waals surface area contributed by atoms with Gasteiger partial charge in [0.2, 0.25) is 25.9 Å². The number of alkyl carbamates (subject to hydrolysis) is 1. The molecule has 74 heavy (non-hydrogen) atoms. The third kappa shape index (κ3) is 13.9. The van der Waals surface area contributed by atoms with E-state index < -0.39 is 48.3 Å². The van der Waals surface area contributed by atoms with E-state index in [9.17, 15) is 4.79 Å². The minimum atomic E-state index is -5.00. The molecule has 2 unspecified atom stereocenters. The molecule has 19 nitrogen and oxygen atoms in total.